The number of carbonyl (C=O) groups excluding carboxylic acids is 2. The molecule has 0 aliphatic rings. The van der Waals surface area contributed by atoms with Crippen molar-refractivity contribution in [2.75, 3.05) is 7.11 Å². The van der Waals surface area contributed by atoms with Crippen molar-refractivity contribution in [2.45, 2.75) is 13.8 Å². The van der Waals surface area contributed by atoms with Gasteiger partial charge in [0.15, 0.2) is 5.78 Å². The van der Waals surface area contributed by atoms with Crippen LogP contribution in [0, 0.1) is 0 Å². The third kappa shape index (κ3) is 1.71. The predicted molar refractivity (Wildman–Crippen MR) is 64.8 cm³/mol. The van der Waals surface area contributed by atoms with Crippen molar-refractivity contribution in [1.29, 1.82) is 0 Å². The minimum absolute atomic E-state index is 0.0838. The molecule has 1 aromatic carbocycles. The van der Waals surface area contributed by atoms with Gasteiger partial charge in [0, 0.05) is 18.7 Å². The molecule has 17 heavy (non-hydrogen) atoms. The Hall–Kier alpha value is -2.10. The smallest absolute Gasteiger partial charge is 0.227 e. The molecule has 0 saturated heterocycles. The molecule has 2 aromatic rings. The maximum atomic E-state index is 11.6. The maximum absolute atomic E-state index is 11.6. The summed E-state index contributed by atoms with van der Waals surface area (Å²) < 4.78 is 6.70. The number of aromatic nitrogens is 1. The second-order valence-corrected chi connectivity index (χ2v) is 3.84. The summed E-state index contributed by atoms with van der Waals surface area (Å²) in [5.41, 5.74) is 1.20. The van der Waals surface area contributed by atoms with E-state index in [1.165, 1.54) is 18.4 Å². The van der Waals surface area contributed by atoms with Gasteiger partial charge in [-0.3, -0.25) is 14.2 Å². The van der Waals surface area contributed by atoms with Gasteiger partial charge in [-0.05, 0) is 19.1 Å². The van der Waals surface area contributed by atoms with Gasteiger partial charge in [-0.25, -0.2) is 0 Å². The SMILES string of the molecule is COc1cccc2c1c(C(C)=O)cn2C(C)=O. The van der Waals surface area contributed by atoms with Gasteiger partial charge in [-0.2, -0.15) is 0 Å². The molecule has 0 amide bonds. The monoisotopic (exact) mass is 231 g/mol. The van der Waals surface area contributed by atoms with E-state index in [1.807, 2.05) is 0 Å². The van der Waals surface area contributed by atoms with Crippen molar-refractivity contribution in [3.8, 4) is 5.75 Å². The van der Waals surface area contributed by atoms with Crippen molar-refractivity contribution in [2.24, 2.45) is 0 Å². The van der Waals surface area contributed by atoms with Crippen molar-refractivity contribution in [3.05, 3.63) is 30.0 Å². The molecule has 4 nitrogen and oxygen atoms in total. The van der Waals surface area contributed by atoms with Gasteiger partial charge < -0.3 is 4.74 Å². The standard InChI is InChI=1S/C13H13NO3/c1-8(15)10-7-14(9(2)16)11-5-4-6-12(17-3)13(10)11/h4-7H,1-3H3. The van der Waals surface area contributed by atoms with E-state index in [-0.39, 0.29) is 11.7 Å². The van der Waals surface area contributed by atoms with Gasteiger partial charge in [0.2, 0.25) is 5.91 Å². The van der Waals surface area contributed by atoms with E-state index in [2.05, 4.69) is 0 Å². The fourth-order valence-electron chi connectivity index (χ4n) is 1.95. The average molecular weight is 231 g/mol. The first-order chi connectivity index (χ1) is 8.06. The van der Waals surface area contributed by atoms with E-state index < -0.39 is 0 Å². The molecule has 0 aliphatic carbocycles. The minimum atomic E-state index is -0.129. The van der Waals surface area contributed by atoms with E-state index in [9.17, 15) is 9.59 Å². The molecule has 0 bridgehead atoms. The first kappa shape index (κ1) is 11.4. The summed E-state index contributed by atoms with van der Waals surface area (Å²) in [5, 5.41) is 0.692. The molecule has 0 aliphatic heterocycles. The number of hydrogen-bond donors (Lipinski definition) is 0. The summed E-state index contributed by atoms with van der Waals surface area (Å²) in [6.07, 6.45) is 1.57. The van der Waals surface area contributed by atoms with Gasteiger partial charge in [-0.1, -0.05) is 6.07 Å². The Morgan fingerprint density at radius 2 is 1.94 bits per heavy atom. The zero-order valence-corrected chi connectivity index (χ0v) is 9.98. The number of benzene rings is 1. The highest BCUT2D eigenvalue weighted by Gasteiger charge is 2.17. The lowest BCUT2D eigenvalue weighted by atomic mass is 10.1. The molecule has 0 atom stereocenters. The largest absolute Gasteiger partial charge is 0.496 e. The second-order valence-electron chi connectivity index (χ2n) is 3.84. The first-order valence-corrected chi connectivity index (χ1v) is 5.26. The van der Waals surface area contributed by atoms with Crippen molar-refractivity contribution < 1.29 is 14.3 Å². The van der Waals surface area contributed by atoms with E-state index in [0.29, 0.717) is 22.2 Å². The predicted octanol–water partition coefficient (Wildman–Crippen LogP) is 2.51. The Balaban J connectivity index is 2.90. The Morgan fingerprint density at radius 3 is 2.47 bits per heavy atom. The number of Topliss-reactive ketones (excluding diaryl/α,β-unsaturated/α-hetero) is 1. The lowest BCUT2D eigenvalue weighted by molar-refractivity contribution is 0.0941. The van der Waals surface area contributed by atoms with Crippen molar-refractivity contribution in [3.63, 3.8) is 0 Å². The normalized spacial score (nSPS) is 10.5. The van der Waals surface area contributed by atoms with Crippen LogP contribution in [0.1, 0.15) is 29.0 Å². The fourth-order valence-corrected chi connectivity index (χ4v) is 1.95. The van der Waals surface area contributed by atoms with E-state index in [4.69, 9.17) is 4.74 Å². The van der Waals surface area contributed by atoms with Crippen LogP contribution in [-0.2, 0) is 0 Å². The topological polar surface area (TPSA) is 48.3 Å². The quantitative estimate of drug-likeness (QED) is 0.746. The molecule has 2 rings (SSSR count). The number of hydrogen-bond acceptors (Lipinski definition) is 3. The highest BCUT2D eigenvalue weighted by atomic mass is 16.5. The summed E-state index contributed by atoms with van der Waals surface area (Å²) in [4.78, 5) is 23.1. The fraction of sp³-hybridized carbons (Fsp3) is 0.231. The van der Waals surface area contributed by atoms with Crippen LogP contribution in [0.4, 0.5) is 0 Å². The molecule has 1 aromatic heterocycles. The molecule has 1 heterocycles. The highest BCUT2D eigenvalue weighted by Crippen LogP contribution is 2.30. The number of fused-ring (bicyclic) bond motifs is 1. The van der Waals surface area contributed by atoms with Crippen LogP contribution in [0.3, 0.4) is 0 Å². The number of ether oxygens (including phenoxy) is 1. The van der Waals surface area contributed by atoms with Crippen LogP contribution in [0.25, 0.3) is 10.9 Å². The zero-order chi connectivity index (χ0) is 12.6. The van der Waals surface area contributed by atoms with Crippen molar-refractivity contribution in [1.82, 2.24) is 4.57 Å². The van der Waals surface area contributed by atoms with Gasteiger partial charge in [0.25, 0.3) is 0 Å². The molecule has 0 radical (unpaired) electrons. The maximum Gasteiger partial charge on any atom is 0.227 e. The van der Waals surface area contributed by atoms with Crippen LogP contribution >= 0.6 is 0 Å². The number of carbonyl (C=O) groups is 2. The number of ketones is 1. The molecule has 0 spiro atoms. The number of methoxy groups -OCH3 is 1. The summed E-state index contributed by atoms with van der Waals surface area (Å²) in [5.74, 6) is 0.392. The van der Waals surface area contributed by atoms with E-state index >= 15 is 0 Å². The van der Waals surface area contributed by atoms with Crippen LogP contribution in [-0.4, -0.2) is 23.4 Å². The van der Waals surface area contributed by atoms with Crippen LogP contribution in [0.2, 0.25) is 0 Å². The molecule has 0 fully saturated rings. The van der Waals surface area contributed by atoms with Crippen molar-refractivity contribution >= 4 is 22.6 Å². The molecular formula is C13H13NO3. The van der Waals surface area contributed by atoms with Crippen LogP contribution in [0.15, 0.2) is 24.4 Å². The summed E-state index contributed by atoms with van der Waals surface area (Å²) in [6, 6.07) is 5.37. The summed E-state index contributed by atoms with van der Waals surface area (Å²) >= 11 is 0. The van der Waals surface area contributed by atoms with Gasteiger partial charge in [0.05, 0.1) is 18.0 Å². The average Bonchev–Trinajstić information content (AvgIpc) is 2.68. The van der Waals surface area contributed by atoms with Gasteiger partial charge >= 0.3 is 0 Å². The number of rotatable bonds is 2. The lowest BCUT2D eigenvalue weighted by Gasteiger charge is -2.03. The lowest BCUT2D eigenvalue weighted by Crippen LogP contribution is -2.03. The van der Waals surface area contributed by atoms with Gasteiger partial charge in [-0.15, -0.1) is 0 Å². The molecule has 0 N–H and O–H groups in total. The molecule has 0 saturated carbocycles. The number of nitrogens with zero attached hydrogens (tertiary/aromatic N) is 1. The Labute approximate surface area is 98.8 Å². The van der Waals surface area contributed by atoms with Crippen LogP contribution < -0.4 is 4.74 Å². The van der Waals surface area contributed by atoms with Crippen LogP contribution in [0.5, 0.6) is 5.75 Å². The third-order valence-corrected chi connectivity index (χ3v) is 2.73. The molecule has 88 valence electrons. The Kier molecular flexibility index (Phi) is 2.71. The molecule has 0 unspecified atom stereocenters. The highest BCUT2D eigenvalue weighted by molar-refractivity contribution is 6.11. The molecule has 4 heteroatoms. The summed E-state index contributed by atoms with van der Waals surface area (Å²) in [7, 11) is 1.55. The van der Waals surface area contributed by atoms with E-state index in [1.54, 1.807) is 31.5 Å². The minimum Gasteiger partial charge on any atom is -0.496 e. The first-order valence-electron chi connectivity index (χ1n) is 5.26. The summed E-state index contributed by atoms with van der Waals surface area (Å²) in [6.45, 7) is 2.94. The second kappa shape index (κ2) is 4.05. The van der Waals surface area contributed by atoms with E-state index in [0.717, 1.165) is 0 Å². The van der Waals surface area contributed by atoms with Gasteiger partial charge in [0.1, 0.15) is 5.75 Å². The zero-order valence-electron chi connectivity index (χ0n) is 9.98. The third-order valence-electron chi connectivity index (χ3n) is 2.73. The Morgan fingerprint density at radius 1 is 1.24 bits per heavy atom. The Bertz CT molecular complexity index is 610. The molecular weight excluding hydrogens is 218 g/mol.